The molecule has 3 heterocycles. The first-order chi connectivity index (χ1) is 13.9. The number of aromatic nitrogens is 2. The summed E-state index contributed by atoms with van der Waals surface area (Å²) < 4.78 is 10.1. The smallest absolute Gasteiger partial charge is 0.348 e. The number of rotatable bonds is 8. The lowest BCUT2D eigenvalue weighted by molar-refractivity contribution is 0.0393. The van der Waals surface area contributed by atoms with Crippen LogP contribution in [-0.2, 0) is 16.0 Å². The molecule has 9 heteroatoms. The van der Waals surface area contributed by atoms with E-state index in [0.29, 0.717) is 51.7 Å². The molecule has 0 aromatic carbocycles. The number of likely N-dealkylation sites (tertiary alicyclic amines) is 1. The molecule has 0 aliphatic carbocycles. The van der Waals surface area contributed by atoms with Crippen LogP contribution < -0.4 is 10.9 Å². The summed E-state index contributed by atoms with van der Waals surface area (Å²) in [6, 6.07) is 1.04. The van der Waals surface area contributed by atoms with Crippen LogP contribution in [0, 0.1) is 6.92 Å². The second-order valence-electron chi connectivity index (χ2n) is 7.75. The summed E-state index contributed by atoms with van der Waals surface area (Å²) in [4.78, 5) is 35.8. The second-order valence-corrected chi connectivity index (χ2v) is 8.75. The number of aromatic amines is 1. The van der Waals surface area contributed by atoms with Crippen LogP contribution in [0.2, 0.25) is 0 Å². The zero-order chi connectivity index (χ0) is 21.0. The summed E-state index contributed by atoms with van der Waals surface area (Å²) in [6.45, 7) is 9.14. The summed E-state index contributed by atoms with van der Waals surface area (Å²) in [5.41, 5.74) is 0.416. The number of carbonyl (C=O) groups excluding carboxylic acids is 1. The first-order valence-electron chi connectivity index (χ1n) is 10.1. The van der Waals surface area contributed by atoms with Crippen molar-refractivity contribution in [3.05, 3.63) is 26.6 Å². The van der Waals surface area contributed by atoms with Crippen LogP contribution in [0.25, 0.3) is 10.2 Å². The quantitative estimate of drug-likeness (QED) is 0.496. The lowest BCUT2D eigenvalue weighted by atomic mass is 10.0. The number of esters is 1. The number of nitrogens with one attached hydrogen (secondary N) is 2. The third kappa shape index (κ3) is 5.42. The maximum atomic E-state index is 12.6. The van der Waals surface area contributed by atoms with Crippen LogP contribution in [0.4, 0.5) is 0 Å². The Morgan fingerprint density at radius 3 is 2.72 bits per heavy atom. The Hall–Kier alpha value is -1.81. The van der Waals surface area contributed by atoms with E-state index in [9.17, 15) is 9.59 Å². The summed E-state index contributed by atoms with van der Waals surface area (Å²) in [7, 11) is 1.55. The van der Waals surface area contributed by atoms with E-state index < -0.39 is 5.97 Å². The zero-order valence-corrected chi connectivity index (χ0v) is 18.4. The van der Waals surface area contributed by atoms with Gasteiger partial charge in [0, 0.05) is 32.3 Å². The molecule has 8 nitrogen and oxygen atoms in total. The number of H-pyrrole nitrogens is 1. The highest BCUT2D eigenvalue weighted by Gasteiger charge is 2.23. The topological polar surface area (TPSA) is 96.6 Å². The molecule has 1 aliphatic rings. The fourth-order valence-electron chi connectivity index (χ4n) is 3.68. The van der Waals surface area contributed by atoms with Gasteiger partial charge in [0.05, 0.1) is 18.5 Å². The van der Waals surface area contributed by atoms with Gasteiger partial charge in [-0.25, -0.2) is 9.78 Å². The maximum Gasteiger partial charge on any atom is 0.348 e. The van der Waals surface area contributed by atoms with Crippen LogP contribution in [0.3, 0.4) is 0 Å². The number of ether oxygens (including phenoxy) is 2. The van der Waals surface area contributed by atoms with Crippen molar-refractivity contribution in [2.75, 3.05) is 33.4 Å². The molecule has 0 radical (unpaired) electrons. The number of hydrogen-bond acceptors (Lipinski definition) is 8. The lowest BCUT2D eigenvalue weighted by Gasteiger charge is -2.33. The molecule has 160 valence electrons. The number of nitrogens with zero attached hydrogens (tertiary/aromatic N) is 2. The van der Waals surface area contributed by atoms with Gasteiger partial charge in [-0.2, -0.15) is 0 Å². The minimum Gasteiger partial charge on any atom is -0.459 e. The van der Waals surface area contributed by atoms with Crippen LogP contribution in [-0.4, -0.2) is 66.3 Å². The van der Waals surface area contributed by atoms with Gasteiger partial charge in [-0.15, -0.1) is 11.3 Å². The average molecular weight is 423 g/mol. The maximum absolute atomic E-state index is 12.6. The molecule has 1 saturated heterocycles. The molecule has 0 bridgehead atoms. The van der Waals surface area contributed by atoms with Gasteiger partial charge in [0.2, 0.25) is 0 Å². The normalized spacial score (nSPS) is 16.0. The number of piperidine rings is 1. The third-order valence-corrected chi connectivity index (χ3v) is 6.25. The summed E-state index contributed by atoms with van der Waals surface area (Å²) in [5.74, 6) is 0.196. The Morgan fingerprint density at radius 2 is 2.07 bits per heavy atom. The van der Waals surface area contributed by atoms with Gasteiger partial charge in [-0.1, -0.05) is 13.8 Å². The highest BCUT2D eigenvalue weighted by atomic mass is 32.1. The minimum absolute atomic E-state index is 0.180. The van der Waals surface area contributed by atoms with Crippen molar-refractivity contribution < 1.29 is 14.3 Å². The molecule has 2 aromatic rings. The van der Waals surface area contributed by atoms with Gasteiger partial charge in [-0.05, 0) is 25.3 Å². The fraction of sp³-hybridized carbons (Fsp3) is 0.650. The highest BCUT2D eigenvalue weighted by Crippen LogP contribution is 2.28. The molecular formula is C20H30N4O4S. The van der Waals surface area contributed by atoms with Crippen molar-refractivity contribution in [1.29, 1.82) is 0 Å². The SMILES string of the molecule is COCCOC(=O)c1sc2nc(CN3CCC(NC(C)C)CC3)[nH]c(=O)c2c1C. The van der Waals surface area contributed by atoms with E-state index in [4.69, 9.17) is 9.47 Å². The summed E-state index contributed by atoms with van der Waals surface area (Å²) >= 11 is 1.21. The van der Waals surface area contributed by atoms with Crippen LogP contribution >= 0.6 is 11.3 Å². The molecule has 1 fully saturated rings. The first-order valence-corrected chi connectivity index (χ1v) is 10.9. The van der Waals surface area contributed by atoms with E-state index in [1.165, 1.54) is 11.3 Å². The predicted octanol–water partition coefficient (Wildman–Crippen LogP) is 2.06. The van der Waals surface area contributed by atoms with E-state index in [-0.39, 0.29) is 12.2 Å². The average Bonchev–Trinajstić information content (AvgIpc) is 3.00. The van der Waals surface area contributed by atoms with E-state index in [2.05, 4.69) is 34.0 Å². The summed E-state index contributed by atoms with van der Waals surface area (Å²) in [6.07, 6.45) is 2.17. The molecule has 0 spiro atoms. The van der Waals surface area contributed by atoms with Gasteiger partial charge in [-0.3, -0.25) is 9.69 Å². The molecule has 1 aliphatic heterocycles. The molecule has 29 heavy (non-hydrogen) atoms. The fourth-order valence-corrected chi connectivity index (χ4v) is 4.78. The molecule has 0 atom stereocenters. The minimum atomic E-state index is -0.441. The number of methoxy groups -OCH3 is 1. The Kier molecular flexibility index (Phi) is 7.39. The van der Waals surface area contributed by atoms with Gasteiger partial charge < -0.3 is 19.8 Å². The molecule has 0 unspecified atom stereocenters. The van der Waals surface area contributed by atoms with E-state index in [1.807, 2.05) is 0 Å². The number of aryl methyl sites for hydroxylation is 1. The number of thiophene rings is 1. The van der Waals surface area contributed by atoms with E-state index in [1.54, 1.807) is 14.0 Å². The standard InChI is InChI=1S/C20H30N4O4S/c1-12(2)21-14-5-7-24(8-6-14)11-15-22-18(25)16-13(3)17(29-19(16)23-15)20(26)28-10-9-27-4/h12,14,21H,5-11H2,1-4H3,(H,22,23,25). The van der Waals surface area contributed by atoms with Gasteiger partial charge in [0.1, 0.15) is 22.1 Å². The number of hydrogen-bond donors (Lipinski definition) is 2. The van der Waals surface area contributed by atoms with Crippen molar-refractivity contribution in [1.82, 2.24) is 20.2 Å². The van der Waals surface area contributed by atoms with Crippen molar-refractivity contribution >= 4 is 27.5 Å². The van der Waals surface area contributed by atoms with Gasteiger partial charge in [0.25, 0.3) is 5.56 Å². The monoisotopic (exact) mass is 422 g/mol. The Morgan fingerprint density at radius 1 is 1.34 bits per heavy atom. The number of fused-ring (bicyclic) bond motifs is 1. The zero-order valence-electron chi connectivity index (χ0n) is 17.5. The van der Waals surface area contributed by atoms with Crippen molar-refractivity contribution in [2.45, 2.75) is 52.2 Å². The van der Waals surface area contributed by atoms with Crippen LogP contribution in [0.1, 0.15) is 47.7 Å². The van der Waals surface area contributed by atoms with E-state index in [0.717, 1.165) is 25.9 Å². The number of carbonyl (C=O) groups is 1. The highest BCUT2D eigenvalue weighted by molar-refractivity contribution is 7.20. The Labute approximate surface area is 174 Å². The Balaban J connectivity index is 1.71. The third-order valence-electron chi connectivity index (χ3n) is 5.09. The largest absolute Gasteiger partial charge is 0.459 e. The lowest BCUT2D eigenvalue weighted by Crippen LogP contribution is -2.44. The molecule has 0 saturated carbocycles. The van der Waals surface area contributed by atoms with Crippen molar-refractivity contribution in [2.24, 2.45) is 0 Å². The van der Waals surface area contributed by atoms with Gasteiger partial charge in [0.15, 0.2) is 0 Å². The molecule has 3 rings (SSSR count). The Bertz CT molecular complexity index is 900. The molecule has 2 N–H and O–H groups in total. The van der Waals surface area contributed by atoms with Crippen LogP contribution in [0.15, 0.2) is 4.79 Å². The molecule has 0 amide bonds. The molecular weight excluding hydrogens is 392 g/mol. The van der Waals surface area contributed by atoms with Crippen molar-refractivity contribution in [3.63, 3.8) is 0 Å². The molecule has 2 aromatic heterocycles. The van der Waals surface area contributed by atoms with Gasteiger partial charge >= 0.3 is 5.97 Å². The van der Waals surface area contributed by atoms with Crippen molar-refractivity contribution in [3.8, 4) is 0 Å². The summed E-state index contributed by atoms with van der Waals surface area (Å²) in [5, 5.41) is 4.06. The van der Waals surface area contributed by atoms with Crippen LogP contribution in [0.5, 0.6) is 0 Å². The first kappa shape index (κ1) is 21.9. The second kappa shape index (κ2) is 9.80. The van der Waals surface area contributed by atoms with E-state index >= 15 is 0 Å². The predicted molar refractivity (Wildman–Crippen MR) is 114 cm³/mol.